The summed E-state index contributed by atoms with van der Waals surface area (Å²) in [5.74, 6) is -0.628. The third kappa shape index (κ3) is 2.64. The van der Waals surface area contributed by atoms with Crippen molar-refractivity contribution in [1.29, 1.82) is 0 Å². The van der Waals surface area contributed by atoms with Gasteiger partial charge in [-0.1, -0.05) is 23.2 Å². The van der Waals surface area contributed by atoms with Crippen LogP contribution in [0.15, 0.2) is 30.6 Å². The SMILES string of the molecule is COc1cc(Cl)c(-c2cnccc2C(=O)O)cc1Cl. The van der Waals surface area contributed by atoms with Gasteiger partial charge >= 0.3 is 5.97 Å². The van der Waals surface area contributed by atoms with Crippen LogP contribution < -0.4 is 4.74 Å². The number of aromatic carboxylic acids is 1. The van der Waals surface area contributed by atoms with E-state index in [2.05, 4.69) is 4.98 Å². The number of hydrogen-bond acceptors (Lipinski definition) is 3. The molecule has 0 amide bonds. The molecule has 0 aliphatic carbocycles. The van der Waals surface area contributed by atoms with Crippen molar-refractivity contribution in [2.24, 2.45) is 0 Å². The highest BCUT2D eigenvalue weighted by Crippen LogP contribution is 2.37. The van der Waals surface area contributed by atoms with E-state index in [1.165, 1.54) is 31.6 Å². The van der Waals surface area contributed by atoms with E-state index in [1.807, 2.05) is 0 Å². The van der Waals surface area contributed by atoms with Gasteiger partial charge in [0, 0.05) is 29.6 Å². The molecule has 0 atom stereocenters. The first kappa shape index (κ1) is 13.6. The molecule has 1 heterocycles. The molecule has 98 valence electrons. The molecule has 0 bridgehead atoms. The van der Waals surface area contributed by atoms with Crippen molar-refractivity contribution in [2.75, 3.05) is 7.11 Å². The van der Waals surface area contributed by atoms with Crippen molar-refractivity contribution in [1.82, 2.24) is 4.98 Å². The molecule has 6 heteroatoms. The summed E-state index contributed by atoms with van der Waals surface area (Å²) in [6, 6.07) is 4.51. The van der Waals surface area contributed by atoms with Crippen LogP contribution in [0.1, 0.15) is 10.4 Å². The predicted octanol–water partition coefficient (Wildman–Crippen LogP) is 3.76. The summed E-state index contributed by atoms with van der Waals surface area (Å²) in [5, 5.41) is 9.85. The molecule has 1 aromatic carbocycles. The van der Waals surface area contributed by atoms with Crippen LogP contribution in [0.2, 0.25) is 10.0 Å². The average Bonchev–Trinajstić information content (AvgIpc) is 2.40. The molecule has 0 aliphatic rings. The van der Waals surface area contributed by atoms with Crippen LogP contribution in [0.3, 0.4) is 0 Å². The summed E-state index contributed by atoms with van der Waals surface area (Å²) in [6.07, 6.45) is 2.85. The number of carboxylic acids is 1. The fraction of sp³-hybridized carbons (Fsp3) is 0.0769. The molecule has 19 heavy (non-hydrogen) atoms. The summed E-state index contributed by atoms with van der Waals surface area (Å²) in [7, 11) is 1.48. The minimum atomic E-state index is -1.06. The topological polar surface area (TPSA) is 59.4 Å². The van der Waals surface area contributed by atoms with Crippen LogP contribution in [0.25, 0.3) is 11.1 Å². The zero-order valence-corrected chi connectivity index (χ0v) is 11.4. The molecule has 2 aromatic rings. The number of pyridine rings is 1. The number of hydrogen-bond donors (Lipinski definition) is 1. The lowest BCUT2D eigenvalue weighted by Crippen LogP contribution is -2.00. The number of methoxy groups -OCH3 is 1. The minimum Gasteiger partial charge on any atom is -0.495 e. The summed E-state index contributed by atoms with van der Waals surface area (Å²) in [6.45, 7) is 0. The average molecular weight is 298 g/mol. The van der Waals surface area contributed by atoms with Gasteiger partial charge in [0.2, 0.25) is 0 Å². The highest BCUT2D eigenvalue weighted by molar-refractivity contribution is 6.36. The number of aromatic nitrogens is 1. The Balaban J connectivity index is 2.66. The monoisotopic (exact) mass is 297 g/mol. The first-order valence-electron chi connectivity index (χ1n) is 5.25. The van der Waals surface area contributed by atoms with E-state index in [1.54, 1.807) is 6.07 Å². The first-order valence-corrected chi connectivity index (χ1v) is 6.01. The standard InChI is InChI=1S/C13H9Cl2NO3/c1-19-12-5-10(14)8(4-11(12)15)9-6-16-3-2-7(9)13(17)18/h2-6H,1H3,(H,17,18). The lowest BCUT2D eigenvalue weighted by atomic mass is 10.0. The maximum Gasteiger partial charge on any atom is 0.336 e. The smallest absolute Gasteiger partial charge is 0.336 e. The van der Waals surface area contributed by atoms with Crippen molar-refractivity contribution in [3.63, 3.8) is 0 Å². The van der Waals surface area contributed by atoms with Crippen LogP contribution in [0.5, 0.6) is 5.75 Å². The van der Waals surface area contributed by atoms with Gasteiger partial charge in [-0.3, -0.25) is 4.98 Å². The fourth-order valence-corrected chi connectivity index (χ4v) is 2.18. The predicted molar refractivity (Wildman–Crippen MR) is 73.2 cm³/mol. The summed E-state index contributed by atoms with van der Waals surface area (Å²) < 4.78 is 5.05. The Morgan fingerprint density at radius 3 is 2.63 bits per heavy atom. The second-order valence-electron chi connectivity index (χ2n) is 3.69. The van der Waals surface area contributed by atoms with Gasteiger partial charge < -0.3 is 9.84 Å². The van der Waals surface area contributed by atoms with Gasteiger partial charge in [-0.2, -0.15) is 0 Å². The Labute approximate surface area is 119 Å². The van der Waals surface area contributed by atoms with Gasteiger partial charge in [0.15, 0.2) is 0 Å². The first-order chi connectivity index (χ1) is 9.04. The highest BCUT2D eigenvalue weighted by atomic mass is 35.5. The number of ether oxygens (including phenoxy) is 1. The fourth-order valence-electron chi connectivity index (χ4n) is 1.69. The minimum absolute atomic E-state index is 0.109. The molecule has 0 unspecified atom stereocenters. The Hall–Kier alpha value is -1.78. The van der Waals surface area contributed by atoms with Gasteiger partial charge in [0.25, 0.3) is 0 Å². The van der Waals surface area contributed by atoms with Crippen molar-refractivity contribution < 1.29 is 14.6 Å². The van der Waals surface area contributed by atoms with Crippen LogP contribution in [0, 0.1) is 0 Å². The zero-order chi connectivity index (χ0) is 14.0. The molecule has 0 saturated heterocycles. The third-order valence-electron chi connectivity index (χ3n) is 2.58. The largest absolute Gasteiger partial charge is 0.495 e. The van der Waals surface area contributed by atoms with Crippen molar-refractivity contribution in [3.8, 4) is 16.9 Å². The third-order valence-corrected chi connectivity index (χ3v) is 3.19. The maximum atomic E-state index is 11.2. The van der Waals surface area contributed by atoms with Crippen LogP contribution in [-0.4, -0.2) is 23.2 Å². The molecule has 1 N–H and O–H groups in total. The summed E-state index contributed by atoms with van der Waals surface area (Å²) in [4.78, 5) is 15.1. The molecule has 4 nitrogen and oxygen atoms in total. The van der Waals surface area contributed by atoms with Crippen LogP contribution >= 0.6 is 23.2 Å². The van der Waals surface area contributed by atoms with Crippen molar-refractivity contribution in [2.45, 2.75) is 0 Å². The van der Waals surface area contributed by atoms with Gasteiger partial charge in [-0.15, -0.1) is 0 Å². The van der Waals surface area contributed by atoms with Gasteiger partial charge in [-0.25, -0.2) is 4.79 Å². The number of benzene rings is 1. The van der Waals surface area contributed by atoms with E-state index in [9.17, 15) is 4.79 Å². The normalized spacial score (nSPS) is 10.3. The lowest BCUT2D eigenvalue weighted by molar-refractivity contribution is 0.0697. The molecular formula is C13H9Cl2NO3. The van der Waals surface area contributed by atoms with E-state index in [4.69, 9.17) is 33.0 Å². The quantitative estimate of drug-likeness (QED) is 0.937. The Morgan fingerprint density at radius 2 is 2.00 bits per heavy atom. The Bertz CT molecular complexity index is 644. The number of carbonyl (C=O) groups is 1. The Kier molecular flexibility index (Phi) is 3.93. The van der Waals surface area contributed by atoms with E-state index in [0.29, 0.717) is 26.9 Å². The van der Waals surface area contributed by atoms with Crippen molar-refractivity contribution >= 4 is 29.2 Å². The van der Waals surface area contributed by atoms with Crippen LogP contribution in [0.4, 0.5) is 0 Å². The highest BCUT2D eigenvalue weighted by Gasteiger charge is 2.16. The molecule has 0 spiro atoms. The molecule has 0 aliphatic heterocycles. The van der Waals surface area contributed by atoms with Crippen molar-refractivity contribution in [3.05, 3.63) is 46.2 Å². The molecule has 0 saturated carbocycles. The summed E-state index contributed by atoms with van der Waals surface area (Å²) >= 11 is 12.2. The molecule has 1 aromatic heterocycles. The second kappa shape index (κ2) is 5.47. The van der Waals surface area contributed by atoms with E-state index in [-0.39, 0.29) is 5.56 Å². The Morgan fingerprint density at radius 1 is 1.26 bits per heavy atom. The molecular weight excluding hydrogens is 289 g/mol. The number of carboxylic acid groups (broad SMARTS) is 1. The van der Waals surface area contributed by atoms with Crippen LogP contribution in [-0.2, 0) is 0 Å². The summed E-state index contributed by atoms with van der Waals surface area (Å²) in [5.41, 5.74) is 1.01. The second-order valence-corrected chi connectivity index (χ2v) is 4.51. The molecule has 0 radical (unpaired) electrons. The number of halogens is 2. The lowest BCUT2D eigenvalue weighted by Gasteiger charge is -2.10. The number of nitrogens with zero attached hydrogens (tertiary/aromatic N) is 1. The molecule has 2 rings (SSSR count). The van der Waals surface area contributed by atoms with Gasteiger partial charge in [0.1, 0.15) is 5.75 Å². The number of rotatable bonds is 3. The van der Waals surface area contributed by atoms with E-state index >= 15 is 0 Å². The van der Waals surface area contributed by atoms with E-state index < -0.39 is 5.97 Å². The molecule has 0 fully saturated rings. The maximum absolute atomic E-state index is 11.2. The van der Waals surface area contributed by atoms with Gasteiger partial charge in [-0.05, 0) is 12.1 Å². The zero-order valence-electron chi connectivity index (χ0n) is 9.85. The van der Waals surface area contributed by atoms with Gasteiger partial charge in [0.05, 0.1) is 22.7 Å². The van der Waals surface area contributed by atoms with E-state index in [0.717, 1.165) is 0 Å².